The van der Waals surface area contributed by atoms with Crippen LogP contribution in [-0.4, -0.2) is 9.97 Å². The quantitative estimate of drug-likeness (QED) is 0.158. The summed E-state index contributed by atoms with van der Waals surface area (Å²) in [5.41, 5.74) is 8.32. The van der Waals surface area contributed by atoms with Gasteiger partial charge < -0.3 is 9.80 Å². The number of hydrogen-bond acceptors (Lipinski definition) is 4. The Morgan fingerprint density at radius 2 is 0.617 bits per heavy atom. The molecule has 0 saturated carbocycles. The molecule has 0 fully saturated rings. The molecule has 0 aliphatic carbocycles. The highest BCUT2D eigenvalue weighted by atomic mass is 15.1. The van der Waals surface area contributed by atoms with Crippen LogP contribution in [0.4, 0.5) is 34.1 Å². The topological polar surface area (TPSA) is 32.3 Å². The molecule has 0 N–H and O–H groups in total. The molecule has 0 unspecified atom stereocenters. The lowest BCUT2D eigenvalue weighted by Gasteiger charge is -2.29. The van der Waals surface area contributed by atoms with Gasteiger partial charge in [-0.3, -0.25) is 9.97 Å². The monoisotopic (exact) mass is 764 g/mol. The van der Waals surface area contributed by atoms with Gasteiger partial charge in [0.05, 0.1) is 22.4 Å². The molecule has 12 rings (SSSR count). The van der Waals surface area contributed by atoms with E-state index in [4.69, 9.17) is 9.97 Å². The molecular weight excluding hydrogens is 729 g/mol. The number of benzene rings is 11. The van der Waals surface area contributed by atoms with Crippen molar-refractivity contribution in [3.63, 3.8) is 0 Å². The molecule has 1 aromatic heterocycles. The second kappa shape index (κ2) is 13.8. The van der Waals surface area contributed by atoms with Crippen LogP contribution in [0.15, 0.2) is 219 Å². The minimum absolute atomic E-state index is 0.891. The first-order valence-corrected chi connectivity index (χ1v) is 20.4. The predicted octanol–water partition coefficient (Wildman–Crippen LogP) is 15.5. The van der Waals surface area contributed by atoms with Gasteiger partial charge in [-0.25, -0.2) is 0 Å². The Hall–Kier alpha value is -8.08. The zero-order valence-electron chi connectivity index (χ0n) is 32.6. The van der Waals surface area contributed by atoms with Gasteiger partial charge in [0.1, 0.15) is 0 Å². The zero-order valence-corrected chi connectivity index (χ0v) is 32.6. The molecule has 11 aromatic carbocycles. The van der Waals surface area contributed by atoms with E-state index in [-0.39, 0.29) is 0 Å². The van der Waals surface area contributed by atoms with E-state index in [1.807, 2.05) is 0 Å². The van der Waals surface area contributed by atoms with Gasteiger partial charge in [0.15, 0.2) is 0 Å². The summed E-state index contributed by atoms with van der Waals surface area (Å²) in [6.07, 6.45) is 3.60. The van der Waals surface area contributed by atoms with Crippen molar-refractivity contribution in [2.75, 3.05) is 9.80 Å². The van der Waals surface area contributed by atoms with Gasteiger partial charge in [-0.05, 0) is 104 Å². The molecule has 0 atom stereocenters. The Balaban J connectivity index is 1.15. The highest BCUT2D eigenvalue weighted by Gasteiger charge is 2.22. The maximum atomic E-state index is 4.95. The third-order valence-electron chi connectivity index (χ3n) is 12.0. The van der Waals surface area contributed by atoms with E-state index in [0.29, 0.717) is 0 Å². The number of hydrogen-bond donors (Lipinski definition) is 0. The Morgan fingerprint density at radius 1 is 0.250 bits per heavy atom. The maximum Gasteiger partial charge on any atom is 0.0971 e. The van der Waals surface area contributed by atoms with Crippen molar-refractivity contribution in [3.8, 4) is 0 Å². The standard InChI is InChI=1S/C56H36N4/c1-3-17-39(18-4-1)59(53-33-37-15-7-9-21-43(37)45-23-11-13-25-47(45)53)41-27-29-49-51(35-41)52-36-42(28-30-50(52)56-55(49)57-31-32-58-56)60(40-19-5-2-6-20-40)54-34-38-16-8-10-22-44(38)46-24-12-14-26-48(46)54/h1-36H. The molecule has 4 nitrogen and oxygen atoms in total. The van der Waals surface area contributed by atoms with Crippen LogP contribution in [0.5, 0.6) is 0 Å². The lowest BCUT2D eigenvalue weighted by Crippen LogP contribution is -2.11. The van der Waals surface area contributed by atoms with Crippen molar-refractivity contribution in [2.24, 2.45) is 0 Å². The predicted molar refractivity (Wildman–Crippen MR) is 254 cm³/mol. The van der Waals surface area contributed by atoms with Crippen LogP contribution in [0, 0.1) is 0 Å². The molecule has 0 spiro atoms. The smallest absolute Gasteiger partial charge is 0.0971 e. The van der Waals surface area contributed by atoms with Crippen LogP contribution in [0.1, 0.15) is 0 Å². The van der Waals surface area contributed by atoms with Crippen molar-refractivity contribution < 1.29 is 0 Å². The fourth-order valence-electron chi connectivity index (χ4n) is 9.38. The molecule has 0 saturated heterocycles. The van der Waals surface area contributed by atoms with Gasteiger partial charge in [-0.2, -0.15) is 0 Å². The van der Waals surface area contributed by atoms with Crippen molar-refractivity contribution >= 4 is 110 Å². The average molecular weight is 765 g/mol. The molecule has 0 aliphatic rings. The molecule has 280 valence electrons. The summed E-state index contributed by atoms with van der Waals surface area (Å²) in [7, 11) is 0. The fraction of sp³-hybridized carbons (Fsp3) is 0. The minimum Gasteiger partial charge on any atom is -0.310 e. The normalized spacial score (nSPS) is 11.7. The zero-order chi connectivity index (χ0) is 39.6. The van der Waals surface area contributed by atoms with E-state index in [1.165, 1.54) is 43.1 Å². The van der Waals surface area contributed by atoms with E-state index >= 15 is 0 Å². The molecule has 0 radical (unpaired) electrons. The number of nitrogens with zero attached hydrogens (tertiary/aromatic N) is 4. The first kappa shape index (κ1) is 34.0. The maximum absolute atomic E-state index is 4.95. The van der Waals surface area contributed by atoms with Crippen LogP contribution >= 0.6 is 0 Å². The van der Waals surface area contributed by atoms with Crippen LogP contribution in [0.2, 0.25) is 0 Å². The number of anilines is 6. The first-order chi connectivity index (χ1) is 29.8. The second-order valence-corrected chi connectivity index (χ2v) is 15.4. The summed E-state index contributed by atoms with van der Waals surface area (Å²) in [5, 5.41) is 14.1. The first-order valence-electron chi connectivity index (χ1n) is 20.4. The molecular formula is C56H36N4. The van der Waals surface area contributed by atoms with Crippen molar-refractivity contribution in [3.05, 3.63) is 219 Å². The van der Waals surface area contributed by atoms with E-state index in [0.717, 1.165) is 66.7 Å². The third kappa shape index (κ3) is 5.39. The van der Waals surface area contributed by atoms with Crippen molar-refractivity contribution in [1.29, 1.82) is 0 Å². The number of fused-ring (bicyclic) bond motifs is 12. The molecule has 0 amide bonds. The number of para-hydroxylation sites is 2. The fourth-order valence-corrected chi connectivity index (χ4v) is 9.38. The molecule has 4 heteroatoms. The number of rotatable bonds is 6. The van der Waals surface area contributed by atoms with E-state index < -0.39 is 0 Å². The summed E-state index contributed by atoms with van der Waals surface area (Å²) in [6, 6.07) is 74.6. The SMILES string of the molecule is c1ccc(N(c2ccc3c(c2)c2cc(N(c4ccccc4)c4cc5ccccc5c5ccccc45)ccc2c2nccnc32)c2cc3ccccc3c3ccccc23)cc1. The van der Waals surface area contributed by atoms with E-state index in [9.17, 15) is 0 Å². The molecule has 1 heterocycles. The molecule has 0 bridgehead atoms. The van der Waals surface area contributed by atoms with E-state index in [2.05, 4.69) is 216 Å². The van der Waals surface area contributed by atoms with Gasteiger partial charge >= 0.3 is 0 Å². The highest BCUT2D eigenvalue weighted by molar-refractivity contribution is 6.25. The van der Waals surface area contributed by atoms with Gasteiger partial charge in [-0.15, -0.1) is 0 Å². The van der Waals surface area contributed by atoms with Crippen molar-refractivity contribution in [2.45, 2.75) is 0 Å². The lowest BCUT2D eigenvalue weighted by molar-refractivity contribution is 1.30. The molecule has 12 aromatic rings. The van der Waals surface area contributed by atoms with E-state index in [1.54, 1.807) is 12.4 Å². The van der Waals surface area contributed by atoms with Gasteiger partial charge in [0, 0.05) is 56.7 Å². The Kier molecular flexibility index (Phi) is 7.82. The summed E-state index contributed by atoms with van der Waals surface area (Å²) >= 11 is 0. The third-order valence-corrected chi connectivity index (χ3v) is 12.0. The van der Waals surface area contributed by atoms with Gasteiger partial charge in [0.2, 0.25) is 0 Å². The summed E-state index contributed by atoms with van der Waals surface area (Å²) in [6.45, 7) is 0. The number of aromatic nitrogens is 2. The van der Waals surface area contributed by atoms with Crippen LogP contribution in [0.3, 0.4) is 0 Å². The largest absolute Gasteiger partial charge is 0.310 e. The average Bonchev–Trinajstić information content (AvgIpc) is 3.32. The van der Waals surface area contributed by atoms with Crippen molar-refractivity contribution in [1.82, 2.24) is 9.97 Å². The van der Waals surface area contributed by atoms with Crippen LogP contribution < -0.4 is 9.80 Å². The molecule has 60 heavy (non-hydrogen) atoms. The highest BCUT2D eigenvalue weighted by Crippen LogP contribution is 2.47. The summed E-state index contributed by atoms with van der Waals surface area (Å²) in [5.74, 6) is 0. The summed E-state index contributed by atoms with van der Waals surface area (Å²) < 4.78 is 0. The Morgan fingerprint density at radius 3 is 1.05 bits per heavy atom. The van der Waals surface area contributed by atoms with Gasteiger partial charge in [0.25, 0.3) is 0 Å². The molecule has 0 aliphatic heterocycles. The Bertz CT molecular complexity index is 3380. The van der Waals surface area contributed by atoms with Crippen LogP contribution in [0.25, 0.3) is 75.7 Å². The Labute approximate surface area is 346 Å². The summed E-state index contributed by atoms with van der Waals surface area (Å²) in [4.78, 5) is 14.7. The minimum atomic E-state index is 0.891. The lowest BCUT2D eigenvalue weighted by atomic mass is 9.96. The van der Waals surface area contributed by atoms with Crippen LogP contribution in [-0.2, 0) is 0 Å². The second-order valence-electron chi connectivity index (χ2n) is 15.4. The van der Waals surface area contributed by atoms with Gasteiger partial charge in [-0.1, -0.05) is 146 Å².